The van der Waals surface area contributed by atoms with E-state index in [2.05, 4.69) is 315 Å². The Balaban J connectivity index is 0.892. The molecule has 0 spiro atoms. The van der Waals surface area contributed by atoms with E-state index >= 15 is 0 Å². The van der Waals surface area contributed by atoms with Crippen molar-refractivity contribution in [1.82, 2.24) is 0 Å². The number of rotatable bonds is 10. The molecule has 0 unspecified atom stereocenters. The highest BCUT2D eigenvalue weighted by atomic mass is 14.5. The highest BCUT2D eigenvalue weighted by Crippen LogP contribution is 2.58. The monoisotopic (exact) mass is 976 g/mol. The molecule has 1 aliphatic carbocycles. The zero-order valence-corrected chi connectivity index (χ0v) is 42.5. The molecule has 0 heterocycles. The van der Waals surface area contributed by atoms with Crippen LogP contribution in [0.15, 0.2) is 315 Å². The summed E-state index contributed by atoms with van der Waals surface area (Å²) in [4.78, 5) is 0. The Morgan fingerprint density at radius 3 is 0.831 bits per heavy atom. The first-order valence-corrected chi connectivity index (χ1v) is 26.7. The fourth-order valence-corrected chi connectivity index (χ4v) is 12.2. The van der Waals surface area contributed by atoms with Crippen molar-refractivity contribution in [3.63, 3.8) is 0 Å². The second kappa shape index (κ2) is 19.4. The molecule has 13 aromatic rings. The Morgan fingerprint density at radius 1 is 0.169 bits per heavy atom. The van der Waals surface area contributed by atoms with Crippen LogP contribution in [0.25, 0.3) is 111 Å². The van der Waals surface area contributed by atoms with Crippen LogP contribution in [0.1, 0.15) is 22.3 Å². The molecule has 14 rings (SSSR count). The minimum absolute atomic E-state index is 0.629. The number of hydrogen-bond donors (Lipinski definition) is 0. The summed E-state index contributed by atoms with van der Waals surface area (Å²) in [7, 11) is 0. The Bertz CT molecular complexity index is 3910. The maximum atomic E-state index is 2.49. The molecule has 0 radical (unpaired) electrons. The van der Waals surface area contributed by atoms with E-state index in [0.29, 0.717) is 0 Å². The summed E-state index contributed by atoms with van der Waals surface area (Å²) >= 11 is 0. The van der Waals surface area contributed by atoms with Gasteiger partial charge in [-0.15, -0.1) is 0 Å². The summed E-state index contributed by atoms with van der Waals surface area (Å²) in [6.45, 7) is 0. The van der Waals surface area contributed by atoms with Crippen LogP contribution in [0.3, 0.4) is 0 Å². The molecular weight excluding hydrogens is 925 g/mol. The Labute approximate surface area is 451 Å². The van der Waals surface area contributed by atoms with E-state index in [1.54, 1.807) is 0 Å². The summed E-state index contributed by atoms with van der Waals surface area (Å²) in [6.07, 6.45) is 0. The van der Waals surface area contributed by atoms with E-state index in [4.69, 9.17) is 0 Å². The third kappa shape index (κ3) is 8.29. The fourth-order valence-electron chi connectivity index (χ4n) is 12.2. The Morgan fingerprint density at radius 2 is 0.455 bits per heavy atom. The Kier molecular flexibility index (Phi) is 11.5. The first-order valence-electron chi connectivity index (χ1n) is 26.7. The van der Waals surface area contributed by atoms with Gasteiger partial charge in [0.2, 0.25) is 0 Å². The topological polar surface area (TPSA) is 0 Å². The van der Waals surface area contributed by atoms with Crippen molar-refractivity contribution < 1.29 is 0 Å². The molecule has 0 heteroatoms. The Hall–Kier alpha value is -9.88. The zero-order valence-electron chi connectivity index (χ0n) is 42.5. The summed E-state index contributed by atoms with van der Waals surface area (Å²) in [5, 5.41) is 2.48. The maximum Gasteiger partial charge on any atom is 0.0719 e. The van der Waals surface area contributed by atoms with E-state index in [9.17, 15) is 0 Å². The van der Waals surface area contributed by atoms with Crippen molar-refractivity contribution in [2.75, 3.05) is 0 Å². The van der Waals surface area contributed by atoms with Crippen molar-refractivity contribution in [2.45, 2.75) is 5.41 Å². The average Bonchev–Trinajstić information content (AvgIpc) is 3.84. The summed E-state index contributed by atoms with van der Waals surface area (Å²) < 4.78 is 0. The number of hydrogen-bond acceptors (Lipinski definition) is 0. The van der Waals surface area contributed by atoms with Gasteiger partial charge in [0.05, 0.1) is 5.41 Å². The molecule has 0 nitrogen and oxygen atoms in total. The smallest absolute Gasteiger partial charge is 0.0622 e. The van der Waals surface area contributed by atoms with Crippen LogP contribution in [-0.2, 0) is 5.41 Å². The molecule has 0 amide bonds. The molecule has 0 N–H and O–H groups in total. The van der Waals surface area contributed by atoms with E-state index < -0.39 is 5.41 Å². The molecule has 13 aromatic carbocycles. The first kappa shape index (κ1) is 45.7. The number of fused-ring (bicyclic) bond motifs is 4. The van der Waals surface area contributed by atoms with Gasteiger partial charge in [-0.1, -0.05) is 267 Å². The summed E-state index contributed by atoms with van der Waals surface area (Å²) in [5.74, 6) is 0. The largest absolute Gasteiger partial charge is 0.0719 e. The normalized spacial score (nSPS) is 12.3. The summed E-state index contributed by atoms with van der Waals surface area (Å²) in [6, 6.07) is 117. The molecular formula is C77H52. The second-order valence-corrected chi connectivity index (χ2v) is 20.4. The molecule has 0 bridgehead atoms. The van der Waals surface area contributed by atoms with Gasteiger partial charge < -0.3 is 0 Å². The van der Waals surface area contributed by atoms with Crippen molar-refractivity contribution in [1.29, 1.82) is 0 Å². The predicted octanol–water partition coefficient (Wildman–Crippen LogP) is 20.5. The van der Waals surface area contributed by atoms with Crippen molar-refractivity contribution >= 4 is 10.8 Å². The van der Waals surface area contributed by atoms with Gasteiger partial charge in [0.15, 0.2) is 0 Å². The van der Waals surface area contributed by atoms with Gasteiger partial charge in [-0.2, -0.15) is 0 Å². The van der Waals surface area contributed by atoms with Crippen LogP contribution in [0, 0.1) is 0 Å². The molecule has 77 heavy (non-hydrogen) atoms. The lowest BCUT2D eigenvalue weighted by Crippen LogP contribution is -2.29. The van der Waals surface area contributed by atoms with Crippen LogP contribution in [0.4, 0.5) is 0 Å². The van der Waals surface area contributed by atoms with E-state index in [1.807, 2.05) is 0 Å². The lowest BCUT2D eigenvalue weighted by Gasteiger charge is -2.35. The lowest BCUT2D eigenvalue weighted by atomic mass is 9.66. The maximum absolute atomic E-state index is 2.49. The van der Waals surface area contributed by atoms with Crippen LogP contribution in [-0.4, -0.2) is 0 Å². The average molecular weight is 977 g/mol. The van der Waals surface area contributed by atoms with Crippen molar-refractivity contribution in [2.24, 2.45) is 0 Å². The molecule has 0 saturated carbocycles. The number of benzene rings is 13. The lowest BCUT2D eigenvalue weighted by molar-refractivity contribution is 0.777. The SMILES string of the molecule is c1ccc(-c2cc(-c3ccccc3)cc(-c3ccc(-c4ccc5c(c4)C(c4ccccc4)(c4cccc6ccccc46)c4cc(-c6ccc(-c7cc(-c8ccccc8)cc(-c8ccccc8)c7)cc6)ccc4-5)cc3)c2)cc1. The van der Waals surface area contributed by atoms with Gasteiger partial charge in [-0.05, 0) is 182 Å². The standard InChI is InChI=1S/C77H52/c1-6-19-53(20-7-1)64-45-65(54-21-8-2-9-22-54)48-68(47-64)59-37-33-57(34-38-59)62-41-43-72-73-44-42-63(52-76(73)77(75(72)51-62,70-29-14-5-15-30-70)74-32-18-28-61-27-16-17-31-71(61)74)58-35-39-60(40-36-58)69-49-66(55-23-10-3-11-24-55)46-67(50-69)56-25-12-4-13-26-56/h1-52H. The first-order chi connectivity index (χ1) is 38.1. The predicted molar refractivity (Wildman–Crippen MR) is 325 cm³/mol. The van der Waals surface area contributed by atoms with Gasteiger partial charge in [-0.3, -0.25) is 0 Å². The molecule has 1 aliphatic rings. The van der Waals surface area contributed by atoms with Crippen LogP contribution < -0.4 is 0 Å². The molecule has 0 saturated heterocycles. The van der Waals surface area contributed by atoms with E-state index in [0.717, 1.165) is 0 Å². The molecule has 360 valence electrons. The van der Waals surface area contributed by atoms with E-state index in [-0.39, 0.29) is 0 Å². The van der Waals surface area contributed by atoms with Crippen molar-refractivity contribution in [3.05, 3.63) is 338 Å². The van der Waals surface area contributed by atoms with Gasteiger partial charge in [0.25, 0.3) is 0 Å². The zero-order chi connectivity index (χ0) is 51.1. The molecule has 0 aliphatic heterocycles. The van der Waals surface area contributed by atoms with Gasteiger partial charge in [0.1, 0.15) is 0 Å². The molecule has 0 fully saturated rings. The highest BCUT2D eigenvalue weighted by molar-refractivity contribution is 5.96. The van der Waals surface area contributed by atoms with E-state index in [1.165, 1.54) is 133 Å². The summed E-state index contributed by atoms with van der Waals surface area (Å²) in [5.41, 5.74) is 26.2. The second-order valence-electron chi connectivity index (χ2n) is 20.4. The third-order valence-corrected chi connectivity index (χ3v) is 15.9. The van der Waals surface area contributed by atoms with Crippen LogP contribution in [0.5, 0.6) is 0 Å². The quantitative estimate of drug-likeness (QED) is 0.128. The third-order valence-electron chi connectivity index (χ3n) is 15.9. The van der Waals surface area contributed by atoms with Gasteiger partial charge in [-0.25, -0.2) is 0 Å². The van der Waals surface area contributed by atoms with Crippen LogP contribution in [0.2, 0.25) is 0 Å². The van der Waals surface area contributed by atoms with Crippen molar-refractivity contribution in [3.8, 4) is 100 Å². The fraction of sp³-hybridized carbons (Fsp3) is 0.0130. The minimum Gasteiger partial charge on any atom is -0.0622 e. The van der Waals surface area contributed by atoms with Crippen LogP contribution >= 0.6 is 0 Å². The molecule has 0 atom stereocenters. The van der Waals surface area contributed by atoms with Gasteiger partial charge in [0, 0.05) is 0 Å². The molecule has 0 aromatic heterocycles. The highest BCUT2D eigenvalue weighted by Gasteiger charge is 2.47. The van der Waals surface area contributed by atoms with Gasteiger partial charge >= 0.3 is 0 Å². The minimum atomic E-state index is -0.629.